The zero-order chi connectivity index (χ0) is 18.7. The summed E-state index contributed by atoms with van der Waals surface area (Å²) in [5, 5.41) is 7.46. The van der Waals surface area contributed by atoms with E-state index in [1.807, 2.05) is 11.0 Å². The van der Waals surface area contributed by atoms with Gasteiger partial charge in [0.2, 0.25) is 0 Å². The van der Waals surface area contributed by atoms with Gasteiger partial charge in [-0.15, -0.1) is 0 Å². The van der Waals surface area contributed by atoms with Crippen LogP contribution in [0.3, 0.4) is 0 Å². The Kier molecular flexibility index (Phi) is 5.52. The van der Waals surface area contributed by atoms with Gasteiger partial charge in [0, 0.05) is 12.6 Å². The number of carbonyl (C=O) groups excluding carboxylic acids is 1. The molecule has 6 nitrogen and oxygen atoms in total. The van der Waals surface area contributed by atoms with Gasteiger partial charge in [-0.1, -0.05) is 37.6 Å². The van der Waals surface area contributed by atoms with Gasteiger partial charge in [-0.2, -0.15) is 5.10 Å². The number of carbonyl (C=O) groups is 1. The van der Waals surface area contributed by atoms with Crippen LogP contribution in [-0.2, 0) is 6.61 Å². The number of rotatable bonds is 6. The molecule has 1 aliphatic rings. The highest BCUT2D eigenvalue weighted by Crippen LogP contribution is 2.29. The van der Waals surface area contributed by atoms with E-state index in [1.54, 1.807) is 31.4 Å². The van der Waals surface area contributed by atoms with Crippen molar-refractivity contribution >= 4 is 17.5 Å². The number of aromatic nitrogens is 2. The lowest BCUT2D eigenvalue weighted by Gasteiger charge is -2.26. The van der Waals surface area contributed by atoms with E-state index in [4.69, 9.17) is 21.1 Å². The number of ether oxygens (including phenoxy) is 2. The number of hydrogen-bond donors (Lipinski definition) is 1. The number of nitrogens with zero attached hydrogens (tertiary/aromatic N) is 2. The molecular formula is C19H22ClN3O3. The van der Waals surface area contributed by atoms with Crippen LogP contribution >= 0.6 is 11.6 Å². The molecule has 138 valence electrons. The predicted octanol–water partition coefficient (Wildman–Crippen LogP) is 3.69. The summed E-state index contributed by atoms with van der Waals surface area (Å²) in [6.45, 7) is 5.05. The number of amides is 1. The highest BCUT2D eigenvalue weighted by atomic mass is 35.5. The van der Waals surface area contributed by atoms with Crippen molar-refractivity contribution in [2.75, 3.05) is 13.7 Å². The van der Waals surface area contributed by atoms with Gasteiger partial charge < -0.3 is 14.4 Å². The first-order valence-corrected chi connectivity index (χ1v) is 8.85. The second-order valence-electron chi connectivity index (χ2n) is 6.48. The Balaban J connectivity index is 1.64. The van der Waals surface area contributed by atoms with Crippen LogP contribution in [0.15, 0.2) is 36.4 Å². The van der Waals surface area contributed by atoms with Gasteiger partial charge in [-0.3, -0.25) is 9.89 Å². The Morgan fingerprint density at radius 2 is 2.23 bits per heavy atom. The highest BCUT2D eigenvalue weighted by molar-refractivity contribution is 6.32. The molecule has 3 rings (SSSR count). The molecule has 2 aromatic rings. The van der Waals surface area contributed by atoms with Crippen molar-refractivity contribution in [3.63, 3.8) is 0 Å². The summed E-state index contributed by atoms with van der Waals surface area (Å²) in [5.41, 5.74) is 1.09. The maximum atomic E-state index is 12.7. The number of H-pyrrole nitrogens is 1. The summed E-state index contributed by atoms with van der Waals surface area (Å²) >= 11 is 6.16. The van der Waals surface area contributed by atoms with Crippen molar-refractivity contribution < 1.29 is 14.3 Å². The fourth-order valence-corrected chi connectivity index (χ4v) is 3.14. The van der Waals surface area contributed by atoms with Crippen LogP contribution in [0.4, 0.5) is 0 Å². The molecule has 1 N–H and O–H groups in total. The van der Waals surface area contributed by atoms with Crippen LogP contribution in [0.2, 0.25) is 5.02 Å². The third-order valence-corrected chi connectivity index (χ3v) is 4.61. The minimum absolute atomic E-state index is 0.0846. The molecule has 1 aromatic heterocycles. The Bertz CT molecular complexity index is 816. The first kappa shape index (κ1) is 18.3. The summed E-state index contributed by atoms with van der Waals surface area (Å²) < 4.78 is 10.8. The van der Waals surface area contributed by atoms with Crippen LogP contribution in [-0.4, -0.2) is 40.7 Å². The molecule has 0 saturated heterocycles. The lowest BCUT2D eigenvalue weighted by atomic mass is 10.0. The third-order valence-electron chi connectivity index (χ3n) is 4.31. The number of aromatic amines is 1. The minimum atomic E-state index is -0.0846. The van der Waals surface area contributed by atoms with Crippen LogP contribution in [0, 0.1) is 5.92 Å². The molecule has 7 heteroatoms. The lowest BCUT2D eigenvalue weighted by molar-refractivity contribution is 0.0714. The number of halogens is 1. The quantitative estimate of drug-likeness (QED) is 0.782. The number of hydrogen-bond acceptors (Lipinski definition) is 4. The molecule has 1 atom stereocenters. The largest absolute Gasteiger partial charge is 0.497 e. The minimum Gasteiger partial charge on any atom is -0.497 e. The molecule has 0 saturated carbocycles. The van der Waals surface area contributed by atoms with Gasteiger partial charge in [0.15, 0.2) is 5.69 Å². The highest BCUT2D eigenvalue weighted by Gasteiger charge is 2.29. The van der Waals surface area contributed by atoms with Gasteiger partial charge in [-0.05, 0) is 24.1 Å². The molecule has 0 aliphatic carbocycles. The van der Waals surface area contributed by atoms with Crippen molar-refractivity contribution in [1.29, 1.82) is 0 Å². The summed E-state index contributed by atoms with van der Waals surface area (Å²) in [6.07, 6.45) is 4.09. The smallest absolute Gasteiger partial charge is 0.275 e. The summed E-state index contributed by atoms with van der Waals surface area (Å²) in [6, 6.07) is 7.03. The molecule has 1 aromatic carbocycles. The van der Waals surface area contributed by atoms with E-state index in [0.717, 1.165) is 0 Å². The van der Waals surface area contributed by atoms with Crippen LogP contribution < -0.4 is 9.47 Å². The summed E-state index contributed by atoms with van der Waals surface area (Å²) in [4.78, 5) is 14.5. The van der Waals surface area contributed by atoms with Crippen molar-refractivity contribution in [3.8, 4) is 11.5 Å². The summed E-state index contributed by atoms with van der Waals surface area (Å²) in [5.74, 6) is 1.48. The van der Waals surface area contributed by atoms with Crippen LogP contribution in [0.25, 0.3) is 0 Å². The maximum Gasteiger partial charge on any atom is 0.275 e. The normalized spacial score (nSPS) is 16.3. The second kappa shape index (κ2) is 7.83. The van der Waals surface area contributed by atoms with E-state index < -0.39 is 0 Å². The SMILES string of the molecule is COc1ccc(OCc2cc(C(=O)N3CC=CC3C(C)C)n[nH]2)c(Cl)c1. The molecule has 0 fully saturated rings. The van der Waals surface area contributed by atoms with E-state index in [0.29, 0.717) is 40.4 Å². The Hall–Kier alpha value is -2.47. The monoisotopic (exact) mass is 375 g/mol. The van der Waals surface area contributed by atoms with Crippen molar-refractivity contribution in [2.24, 2.45) is 5.92 Å². The molecule has 0 bridgehead atoms. The van der Waals surface area contributed by atoms with E-state index >= 15 is 0 Å². The average Bonchev–Trinajstić information content (AvgIpc) is 3.29. The molecular weight excluding hydrogens is 354 g/mol. The van der Waals surface area contributed by atoms with E-state index in [2.05, 4.69) is 30.1 Å². The number of methoxy groups -OCH3 is 1. The fourth-order valence-electron chi connectivity index (χ4n) is 2.91. The number of benzene rings is 1. The van der Waals surface area contributed by atoms with Crippen LogP contribution in [0.1, 0.15) is 30.0 Å². The molecule has 1 aliphatic heterocycles. The van der Waals surface area contributed by atoms with E-state index in [1.165, 1.54) is 0 Å². The standard InChI is InChI=1S/C19H22ClN3O3/c1-12(2)17-5-4-8-23(17)19(24)16-9-13(21-22-16)11-26-18-7-6-14(25-3)10-15(18)20/h4-7,9-10,12,17H,8,11H2,1-3H3,(H,21,22). The van der Waals surface area contributed by atoms with Crippen molar-refractivity contribution in [1.82, 2.24) is 15.1 Å². The molecule has 0 radical (unpaired) electrons. The first-order valence-electron chi connectivity index (χ1n) is 8.48. The topological polar surface area (TPSA) is 67.5 Å². The lowest BCUT2D eigenvalue weighted by Crippen LogP contribution is -2.39. The first-order chi connectivity index (χ1) is 12.5. The van der Waals surface area contributed by atoms with E-state index in [-0.39, 0.29) is 18.6 Å². The van der Waals surface area contributed by atoms with Crippen LogP contribution in [0.5, 0.6) is 11.5 Å². The predicted molar refractivity (Wildman–Crippen MR) is 99.7 cm³/mol. The average molecular weight is 376 g/mol. The van der Waals surface area contributed by atoms with Gasteiger partial charge in [0.25, 0.3) is 5.91 Å². The molecule has 26 heavy (non-hydrogen) atoms. The fraction of sp³-hybridized carbons (Fsp3) is 0.368. The Labute approximate surface area is 157 Å². The maximum absolute atomic E-state index is 12.7. The molecule has 1 amide bonds. The van der Waals surface area contributed by atoms with Gasteiger partial charge in [-0.25, -0.2) is 0 Å². The zero-order valence-electron chi connectivity index (χ0n) is 15.0. The summed E-state index contributed by atoms with van der Waals surface area (Å²) in [7, 11) is 1.58. The number of nitrogens with one attached hydrogen (secondary N) is 1. The van der Waals surface area contributed by atoms with E-state index in [9.17, 15) is 4.79 Å². The van der Waals surface area contributed by atoms with Gasteiger partial charge >= 0.3 is 0 Å². The Morgan fingerprint density at radius 1 is 1.42 bits per heavy atom. The second-order valence-corrected chi connectivity index (χ2v) is 6.89. The van der Waals surface area contributed by atoms with Crippen molar-refractivity contribution in [3.05, 3.63) is 52.8 Å². The zero-order valence-corrected chi connectivity index (χ0v) is 15.8. The molecule has 0 spiro atoms. The molecule has 2 heterocycles. The Morgan fingerprint density at radius 3 is 2.92 bits per heavy atom. The molecule has 1 unspecified atom stereocenters. The van der Waals surface area contributed by atoms with Gasteiger partial charge in [0.05, 0.1) is 23.9 Å². The van der Waals surface area contributed by atoms with Gasteiger partial charge in [0.1, 0.15) is 18.1 Å². The van der Waals surface area contributed by atoms with Crippen molar-refractivity contribution in [2.45, 2.75) is 26.5 Å². The third kappa shape index (κ3) is 3.85.